The molecule has 9 heteroatoms. The molecule has 0 unspecified atom stereocenters. The molecule has 0 saturated carbocycles. The third kappa shape index (κ3) is 4.13. The second-order valence-electron chi connectivity index (χ2n) is 9.02. The van der Waals surface area contributed by atoms with Crippen LogP contribution in [0, 0.1) is 24.7 Å². The molecule has 3 aliphatic rings. The van der Waals surface area contributed by atoms with Crippen LogP contribution in [0.2, 0.25) is 10.0 Å². The van der Waals surface area contributed by atoms with Crippen molar-refractivity contribution in [1.29, 1.82) is 0 Å². The van der Waals surface area contributed by atoms with Crippen LogP contribution in [-0.4, -0.2) is 30.2 Å². The van der Waals surface area contributed by atoms with E-state index < -0.39 is 11.9 Å². The van der Waals surface area contributed by atoms with E-state index in [9.17, 15) is 19.2 Å². The Morgan fingerprint density at radius 1 is 0.971 bits per heavy atom. The van der Waals surface area contributed by atoms with Crippen molar-refractivity contribution in [3.63, 3.8) is 0 Å². The van der Waals surface area contributed by atoms with Crippen LogP contribution in [0.1, 0.15) is 24.8 Å². The van der Waals surface area contributed by atoms with E-state index in [4.69, 9.17) is 27.9 Å². The van der Waals surface area contributed by atoms with E-state index in [1.807, 2.05) is 12.2 Å². The number of esters is 1. The molecule has 2 aromatic carbocycles. The topological polar surface area (TPSA) is 84.0 Å². The number of benzene rings is 2. The largest absolute Gasteiger partial charge is 0.426 e. The number of hydrogen-bond acceptors (Lipinski definition) is 5. The van der Waals surface area contributed by atoms with Gasteiger partial charge in [-0.1, -0.05) is 41.4 Å². The first kappa shape index (κ1) is 23.6. The van der Waals surface area contributed by atoms with Gasteiger partial charge < -0.3 is 9.64 Å². The average Bonchev–Trinajstić information content (AvgIpc) is 3.34. The summed E-state index contributed by atoms with van der Waals surface area (Å²) >= 11 is 12.3. The fraction of sp³-hybridized carbons (Fsp3) is 0.308. The minimum absolute atomic E-state index is 0.00760. The van der Waals surface area contributed by atoms with Crippen molar-refractivity contribution in [2.45, 2.75) is 26.2 Å². The molecular weight excluding hydrogens is 491 g/mol. The monoisotopic (exact) mass is 512 g/mol. The fourth-order valence-electron chi connectivity index (χ4n) is 4.98. The van der Waals surface area contributed by atoms with Gasteiger partial charge in [0.15, 0.2) is 0 Å². The number of imide groups is 1. The number of halogens is 2. The van der Waals surface area contributed by atoms with Crippen LogP contribution in [0.25, 0.3) is 0 Å². The number of anilines is 2. The first-order chi connectivity index (χ1) is 16.8. The normalized spacial score (nSPS) is 23.7. The number of carbonyl (C=O) groups excluding carboxylic acids is 4. The summed E-state index contributed by atoms with van der Waals surface area (Å²) in [6.07, 6.45) is 5.02. The summed E-state index contributed by atoms with van der Waals surface area (Å²) in [7, 11) is 0. The molecule has 2 aromatic rings. The zero-order valence-corrected chi connectivity index (χ0v) is 20.4. The molecule has 0 bridgehead atoms. The van der Waals surface area contributed by atoms with E-state index in [0.717, 1.165) is 0 Å². The van der Waals surface area contributed by atoms with Crippen molar-refractivity contribution in [3.05, 3.63) is 64.2 Å². The minimum Gasteiger partial charge on any atom is -0.426 e. The first-order valence-corrected chi connectivity index (χ1v) is 12.1. The van der Waals surface area contributed by atoms with Crippen LogP contribution in [0.4, 0.5) is 11.4 Å². The highest BCUT2D eigenvalue weighted by Crippen LogP contribution is 2.40. The highest BCUT2D eigenvalue weighted by molar-refractivity contribution is 6.44. The van der Waals surface area contributed by atoms with Crippen LogP contribution in [0.15, 0.2) is 48.6 Å². The lowest BCUT2D eigenvalue weighted by atomic mass is 9.85. The van der Waals surface area contributed by atoms with E-state index >= 15 is 0 Å². The Labute approximate surface area is 212 Å². The molecule has 2 saturated heterocycles. The number of hydrogen-bond donors (Lipinski definition) is 0. The molecule has 3 amide bonds. The highest BCUT2D eigenvalue weighted by Gasteiger charge is 2.48. The average molecular weight is 513 g/mol. The molecule has 2 heterocycles. The quantitative estimate of drug-likeness (QED) is 0.256. The van der Waals surface area contributed by atoms with Crippen molar-refractivity contribution in [3.8, 4) is 5.75 Å². The Morgan fingerprint density at radius 3 is 2.31 bits per heavy atom. The SMILES string of the molecule is Cc1cc(OC(=O)[C@@H]2CC(=O)N(c3cccc(Cl)c3Cl)C2)ccc1N1C(=O)[C@H]2CC=CC[C@H]2C1=O. The minimum atomic E-state index is -0.671. The molecule has 0 N–H and O–H groups in total. The van der Waals surface area contributed by atoms with Gasteiger partial charge in [0.25, 0.3) is 0 Å². The molecule has 2 aliphatic heterocycles. The Bertz CT molecular complexity index is 1260. The fourth-order valence-corrected chi connectivity index (χ4v) is 5.38. The van der Waals surface area contributed by atoms with E-state index in [1.54, 1.807) is 43.3 Å². The Kier molecular flexibility index (Phi) is 6.15. The Morgan fingerprint density at radius 2 is 1.66 bits per heavy atom. The summed E-state index contributed by atoms with van der Waals surface area (Å²) in [6, 6.07) is 9.79. The van der Waals surface area contributed by atoms with Gasteiger partial charge in [-0.25, -0.2) is 4.90 Å². The summed E-state index contributed by atoms with van der Waals surface area (Å²) < 4.78 is 5.56. The zero-order chi connectivity index (χ0) is 24.9. The van der Waals surface area contributed by atoms with Crippen molar-refractivity contribution in [2.75, 3.05) is 16.3 Å². The molecule has 3 atom stereocenters. The summed E-state index contributed by atoms with van der Waals surface area (Å²) in [5, 5.41) is 0.577. The molecular formula is C26H22Cl2N2O5. The van der Waals surface area contributed by atoms with Gasteiger partial charge in [0.2, 0.25) is 17.7 Å². The molecule has 7 nitrogen and oxygen atoms in total. The van der Waals surface area contributed by atoms with Gasteiger partial charge in [0.1, 0.15) is 5.75 Å². The molecule has 35 heavy (non-hydrogen) atoms. The molecule has 0 spiro atoms. The predicted molar refractivity (Wildman–Crippen MR) is 132 cm³/mol. The van der Waals surface area contributed by atoms with Crippen molar-refractivity contribution >= 4 is 58.3 Å². The second-order valence-corrected chi connectivity index (χ2v) is 9.80. The number of aryl methyl sites for hydroxylation is 1. The summed E-state index contributed by atoms with van der Waals surface area (Å²) in [6.45, 7) is 1.89. The van der Waals surface area contributed by atoms with Crippen LogP contribution in [0.5, 0.6) is 5.75 Å². The summed E-state index contributed by atoms with van der Waals surface area (Å²) in [5.41, 5.74) is 1.58. The molecule has 1 aliphatic carbocycles. The summed E-state index contributed by atoms with van der Waals surface area (Å²) in [4.78, 5) is 53.9. The molecule has 5 rings (SSSR count). The van der Waals surface area contributed by atoms with Gasteiger partial charge in [0.05, 0.1) is 39.2 Å². The second kappa shape index (κ2) is 9.13. The maximum Gasteiger partial charge on any atom is 0.316 e. The number of allylic oxidation sites excluding steroid dienone is 2. The Balaban J connectivity index is 1.29. The molecule has 0 aromatic heterocycles. The van der Waals surface area contributed by atoms with Gasteiger partial charge in [-0.3, -0.25) is 19.2 Å². The van der Waals surface area contributed by atoms with Crippen molar-refractivity contribution < 1.29 is 23.9 Å². The predicted octanol–water partition coefficient (Wildman–Crippen LogP) is 4.72. The van der Waals surface area contributed by atoms with Gasteiger partial charge in [-0.05, 0) is 55.7 Å². The van der Waals surface area contributed by atoms with Gasteiger partial charge in [0, 0.05) is 13.0 Å². The van der Waals surface area contributed by atoms with Gasteiger partial charge in [-0.15, -0.1) is 0 Å². The number of carbonyl (C=O) groups is 4. The zero-order valence-electron chi connectivity index (χ0n) is 18.9. The lowest BCUT2D eigenvalue weighted by molar-refractivity contribution is -0.139. The third-order valence-corrected chi connectivity index (χ3v) is 7.62. The lowest BCUT2D eigenvalue weighted by Gasteiger charge is -2.19. The first-order valence-electron chi connectivity index (χ1n) is 11.4. The maximum atomic E-state index is 12.9. The van der Waals surface area contributed by atoms with Crippen molar-refractivity contribution in [1.82, 2.24) is 0 Å². The highest BCUT2D eigenvalue weighted by atomic mass is 35.5. The number of amides is 3. The molecule has 180 valence electrons. The number of nitrogens with zero attached hydrogens (tertiary/aromatic N) is 2. The molecule has 0 radical (unpaired) electrons. The van der Waals surface area contributed by atoms with Crippen LogP contribution in [0.3, 0.4) is 0 Å². The maximum absolute atomic E-state index is 12.9. The lowest BCUT2D eigenvalue weighted by Crippen LogP contribution is -2.31. The number of fused-ring (bicyclic) bond motifs is 1. The van der Waals surface area contributed by atoms with E-state index in [2.05, 4.69) is 0 Å². The standard InChI is InChI=1S/C26H22Cl2N2O5/c1-14-11-16(9-10-20(14)30-24(32)17-5-2-3-6-18(17)25(30)33)35-26(34)15-12-22(31)29(13-15)21-8-4-7-19(27)23(21)28/h2-4,7-11,15,17-18H,5-6,12-13H2,1H3/t15-,17-,18+/m1/s1. The van der Waals surface area contributed by atoms with Gasteiger partial charge in [-0.2, -0.15) is 0 Å². The van der Waals surface area contributed by atoms with Crippen LogP contribution in [-0.2, 0) is 19.2 Å². The molecule has 2 fully saturated rings. The van der Waals surface area contributed by atoms with Crippen LogP contribution >= 0.6 is 23.2 Å². The van der Waals surface area contributed by atoms with E-state index in [-0.39, 0.29) is 53.3 Å². The van der Waals surface area contributed by atoms with Gasteiger partial charge >= 0.3 is 5.97 Å². The smallest absolute Gasteiger partial charge is 0.316 e. The number of ether oxygens (including phenoxy) is 1. The Hall–Kier alpha value is -3.16. The van der Waals surface area contributed by atoms with E-state index in [0.29, 0.717) is 34.8 Å². The van der Waals surface area contributed by atoms with Crippen molar-refractivity contribution in [2.24, 2.45) is 17.8 Å². The van der Waals surface area contributed by atoms with E-state index in [1.165, 1.54) is 9.80 Å². The number of rotatable bonds is 4. The summed E-state index contributed by atoms with van der Waals surface area (Å²) in [5.74, 6) is -2.21. The van der Waals surface area contributed by atoms with Crippen LogP contribution < -0.4 is 14.5 Å². The third-order valence-electron chi connectivity index (χ3n) is 6.82.